The minimum absolute atomic E-state index is 0.00401. The van der Waals surface area contributed by atoms with Crippen LogP contribution < -0.4 is 19.7 Å². The number of fused-ring (bicyclic) bond motifs is 1. The Kier molecular flexibility index (Phi) is 12.6. The van der Waals surface area contributed by atoms with E-state index < -0.39 is 31.4 Å². The van der Waals surface area contributed by atoms with Gasteiger partial charge in [-0.3, -0.25) is 19.8 Å². The SMILES string of the molecule is CC(C)c1ccccc1[C@@H]1CCCN1C1CCC2(CC1)CCN(c1ccc(C(=O)NS(=O)(=O)c3cnc(NCC4CCCCC4)c([N+](=O)[O-])c3)c(Oc3cnc4[nH]ccc4c3)c1)CC2. The smallest absolute Gasteiger partial charge is 0.312 e. The number of hydrogen-bond donors (Lipinski definition) is 3. The van der Waals surface area contributed by atoms with Crippen molar-refractivity contribution in [3.05, 3.63) is 106 Å². The Labute approximate surface area is 375 Å². The second kappa shape index (κ2) is 18.5. The van der Waals surface area contributed by atoms with Gasteiger partial charge in [-0.2, -0.15) is 0 Å². The molecule has 2 aliphatic carbocycles. The number of ether oxygens (including phenoxy) is 1. The van der Waals surface area contributed by atoms with Crippen molar-refractivity contribution in [2.45, 2.75) is 120 Å². The van der Waals surface area contributed by atoms with Crippen LogP contribution in [0.5, 0.6) is 11.5 Å². The summed E-state index contributed by atoms with van der Waals surface area (Å²) in [5.74, 6) is 0.463. The van der Waals surface area contributed by atoms with Gasteiger partial charge in [-0.15, -0.1) is 0 Å². The number of nitro groups is 1. The molecule has 2 saturated carbocycles. The summed E-state index contributed by atoms with van der Waals surface area (Å²) < 4.78 is 35.9. The predicted octanol–water partition coefficient (Wildman–Crippen LogP) is 10.3. The van der Waals surface area contributed by atoms with Gasteiger partial charge in [-0.1, -0.05) is 57.4 Å². The summed E-state index contributed by atoms with van der Waals surface area (Å²) >= 11 is 0. The van der Waals surface area contributed by atoms with Crippen molar-refractivity contribution in [3.8, 4) is 11.5 Å². The Bertz CT molecular complexity index is 2590. The van der Waals surface area contributed by atoms with Crippen LogP contribution in [-0.2, 0) is 10.0 Å². The second-order valence-corrected chi connectivity index (χ2v) is 20.6. The first-order valence-electron chi connectivity index (χ1n) is 23.3. The summed E-state index contributed by atoms with van der Waals surface area (Å²) in [6.07, 6.45) is 19.3. The van der Waals surface area contributed by atoms with Crippen molar-refractivity contribution in [1.82, 2.24) is 24.6 Å². The van der Waals surface area contributed by atoms with Crippen molar-refractivity contribution in [1.29, 1.82) is 0 Å². The number of aromatic nitrogens is 3. The third kappa shape index (κ3) is 9.33. The van der Waals surface area contributed by atoms with Gasteiger partial charge < -0.3 is 19.9 Å². The fourth-order valence-electron chi connectivity index (χ4n) is 11.0. The summed E-state index contributed by atoms with van der Waals surface area (Å²) in [5.41, 5.74) is 4.35. The molecule has 0 radical (unpaired) electrons. The van der Waals surface area contributed by atoms with Crippen molar-refractivity contribution in [3.63, 3.8) is 0 Å². The number of H-pyrrole nitrogens is 1. The zero-order valence-corrected chi connectivity index (χ0v) is 37.7. The molecule has 2 saturated heterocycles. The van der Waals surface area contributed by atoms with Crippen LogP contribution in [0.4, 0.5) is 17.2 Å². The van der Waals surface area contributed by atoms with Gasteiger partial charge in [0.15, 0.2) is 0 Å². The van der Waals surface area contributed by atoms with Crippen molar-refractivity contribution in [2.24, 2.45) is 11.3 Å². The molecular weight excluding hydrogens is 829 g/mol. The Morgan fingerprint density at radius 1 is 0.922 bits per heavy atom. The summed E-state index contributed by atoms with van der Waals surface area (Å²) in [6, 6.07) is 20.0. The fourth-order valence-corrected chi connectivity index (χ4v) is 11.9. The van der Waals surface area contributed by atoms with Crippen LogP contribution in [0.3, 0.4) is 0 Å². The van der Waals surface area contributed by atoms with E-state index in [1.807, 2.05) is 12.1 Å². The highest BCUT2D eigenvalue weighted by molar-refractivity contribution is 7.90. The number of pyridine rings is 2. The highest BCUT2D eigenvalue weighted by atomic mass is 32.2. The number of anilines is 2. The van der Waals surface area contributed by atoms with Crippen LogP contribution in [0.25, 0.3) is 11.0 Å². The molecular formula is C49H60N8O6S. The lowest BCUT2D eigenvalue weighted by atomic mass is 9.66. The number of likely N-dealkylation sites (tertiary alicyclic amines) is 1. The number of carbonyl (C=O) groups is 1. The Balaban J connectivity index is 0.894. The maximum absolute atomic E-state index is 14.0. The molecule has 5 heterocycles. The number of piperidine rings is 1. The number of rotatable bonds is 13. The molecule has 15 heteroatoms. The quantitative estimate of drug-likeness (QED) is 0.0758. The summed E-state index contributed by atoms with van der Waals surface area (Å²) in [6.45, 7) is 7.99. The number of sulfonamides is 1. The van der Waals surface area contributed by atoms with Gasteiger partial charge in [0.2, 0.25) is 5.82 Å². The van der Waals surface area contributed by atoms with Gasteiger partial charge in [0.25, 0.3) is 15.9 Å². The van der Waals surface area contributed by atoms with Crippen LogP contribution in [0, 0.1) is 21.4 Å². The van der Waals surface area contributed by atoms with E-state index in [-0.39, 0.29) is 17.1 Å². The largest absolute Gasteiger partial charge is 0.455 e. The number of carbonyl (C=O) groups excluding carboxylic acids is 1. The third-order valence-electron chi connectivity index (χ3n) is 14.6. The molecule has 2 aliphatic heterocycles. The van der Waals surface area contributed by atoms with E-state index in [4.69, 9.17) is 4.74 Å². The first-order valence-corrected chi connectivity index (χ1v) is 24.7. The number of amides is 1. The summed E-state index contributed by atoms with van der Waals surface area (Å²) in [7, 11) is -4.59. The number of nitrogens with one attached hydrogen (secondary N) is 3. The monoisotopic (exact) mass is 888 g/mol. The maximum Gasteiger partial charge on any atom is 0.312 e. The molecule has 14 nitrogen and oxygen atoms in total. The molecule has 1 atom stereocenters. The molecule has 2 aromatic carbocycles. The van der Waals surface area contributed by atoms with Gasteiger partial charge in [-0.25, -0.2) is 23.1 Å². The van der Waals surface area contributed by atoms with E-state index >= 15 is 0 Å². The number of nitrogens with zero attached hydrogens (tertiary/aromatic N) is 5. The van der Waals surface area contributed by atoms with E-state index in [2.05, 4.69) is 72.9 Å². The molecule has 3 aromatic heterocycles. The molecule has 4 fully saturated rings. The summed E-state index contributed by atoms with van der Waals surface area (Å²) in [5, 5.41) is 16.0. The average molecular weight is 889 g/mol. The molecule has 0 unspecified atom stereocenters. The third-order valence-corrected chi connectivity index (χ3v) is 15.9. The Hall–Kier alpha value is -5.54. The maximum atomic E-state index is 14.0. The zero-order valence-electron chi connectivity index (χ0n) is 36.9. The molecule has 3 N–H and O–H groups in total. The molecule has 0 bridgehead atoms. The predicted molar refractivity (Wildman–Crippen MR) is 249 cm³/mol. The lowest BCUT2D eigenvalue weighted by Gasteiger charge is -2.48. The van der Waals surface area contributed by atoms with E-state index in [0.717, 1.165) is 75.0 Å². The topological polar surface area (TPSA) is 176 Å². The minimum atomic E-state index is -4.59. The molecule has 4 aliphatic rings. The molecule has 9 rings (SSSR count). The molecule has 1 amide bonds. The summed E-state index contributed by atoms with van der Waals surface area (Å²) in [4.78, 5) is 41.7. The first kappa shape index (κ1) is 43.7. The van der Waals surface area contributed by atoms with Crippen LogP contribution in [0.2, 0.25) is 0 Å². The van der Waals surface area contributed by atoms with Crippen molar-refractivity contribution in [2.75, 3.05) is 36.4 Å². The lowest BCUT2D eigenvalue weighted by molar-refractivity contribution is -0.384. The van der Waals surface area contributed by atoms with Crippen LogP contribution in [-0.4, -0.2) is 71.3 Å². The van der Waals surface area contributed by atoms with Gasteiger partial charge in [0, 0.05) is 61.1 Å². The van der Waals surface area contributed by atoms with Gasteiger partial charge in [-0.05, 0) is 123 Å². The Morgan fingerprint density at radius 2 is 1.70 bits per heavy atom. The van der Waals surface area contributed by atoms with E-state index in [1.54, 1.807) is 30.6 Å². The number of aromatic amines is 1. The molecule has 1 spiro atoms. The van der Waals surface area contributed by atoms with E-state index in [1.165, 1.54) is 62.6 Å². The van der Waals surface area contributed by atoms with Gasteiger partial charge in [0.05, 0.1) is 22.9 Å². The van der Waals surface area contributed by atoms with Crippen molar-refractivity contribution < 1.29 is 22.9 Å². The lowest BCUT2D eigenvalue weighted by Crippen LogP contribution is -2.45. The number of benzene rings is 2. The van der Waals surface area contributed by atoms with Crippen LogP contribution >= 0.6 is 0 Å². The van der Waals surface area contributed by atoms with Gasteiger partial charge in [0.1, 0.15) is 22.0 Å². The van der Waals surface area contributed by atoms with Crippen molar-refractivity contribution >= 4 is 44.2 Å². The normalized spacial score (nSPS) is 19.9. The van der Waals surface area contributed by atoms with Crippen LogP contribution in [0.15, 0.2) is 84.1 Å². The Morgan fingerprint density at radius 3 is 2.47 bits per heavy atom. The standard InChI is InChI=1S/C49H60N8O6S/c1-33(2)40-11-6-7-12-41(40)43-13-8-24-56(43)36-16-19-49(20-17-36)21-25-55(26-22-49)37-14-15-42(45(28-37)63-38-27-35-18-23-50-46(35)52-31-38)48(58)54-64(61,62)39-29-44(57(59)60)47(53-32-39)51-30-34-9-4-3-5-10-34/h6-7,11-12,14-15,18,23,27-29,31-34,36,43H,3-5,8-10,13,16-17,19-22,24-26,30H2,1-2H3,(H,50,52)(H,51,53)(H,54,58)/t43-/m0/s1. The van der Waals surface area contributed by atoms with Gasteiger partial charge >= 0.3 is 5.69 Å². The van der Waals surface area contributed by atoms with E-state index in [0.29, 0.717) is 47.3 Å². The minimum Gasteiger partial charge on any atom is -0.455 e. The molecule has 64 heavy (non-hydrogen) atoms. The van der Waals surface area contributed by atoms with Crippen LogP contribution in [0.1, 0.15) is 131 Å². The fraction of sp³-hybridized carbons (Fsp3) is 0.490. The second-order valence-electron chi connectivity index (χ2n) is 18.9. The molecule has 338 valence electrons. The highest BCUT2D eigenvalue weighted by Gasteiger charge is 2.42. The zero-order chi connectivity index (χ0) is 44.4. The molecule has 5 aromatic rings. The number of hydrogen-bond acceptors (Lipinski definition) is 11. The highest BCUT2D eigenvalue weighted by Crippen LogP contribution is 2.49. The van der Waals surface area contributed by atoms with E-state index in [9.17, 15) is 23.3 Å². The average Bonchev–Trinajstić information content (AvgIpc) is 3.99. The first-order chi connectivity index (χ1) is 30.9.